The van der Waals surface area contributed by atoms with Crippen molar-refractivity contribution < 1.29 is 14.9 Å². The van der Waals surface area contributed by atoms with Gasteiger partial charge in [0.2, 0.25) is 0 Å². The van der Waals surface area contributed by atoms with Crippen molar-refractivity contribution in [3.8, 4) is 0 Å². The van der Waals surface area contributed by atoms with Crippen molar-refractivity contribution in [2.24, 2.45) is 0 Å². The Balaban J connectivity index is 1.61. The fraction of sp³-hybridized carbons (Fsp3) is 0.130. The molecule has 0 heterocycles. The Kier molecular flexibility index (Phi) is 7.00. The first kappa shape index (κ1) is 20.6. The molecule has 0 aliphatic carbocycles. The van der Waals surface area contributed by atoms with E-state index in [4.69, 9.17) is 11.6 Å². The highest BCUT2D eigenvalue weighted by Gasteiger charge is 2.16. The Hall–Kier alpha value is -3.15. The molecule has 3 aromatic rings. The van der Waals surface area contributed by atoms with Crippen LogP contribution in [0.25, 0.3) is 0 Å². The molecule has 148 valence electrons. The van der Waals surface area contributed by atoms with Crippen molar-refractivity contribution in [2.75, 3.05) is 17.2 Å². The van der Waals surface area contributed by atoms with Gasteiger partial charge in [-0.1, -0.05) is 54.1 Å². The molecule has 0 aromatic heterocycles. The highest BCUT2D eigenvalue weighted by molar-refractivity contribution is 6.30. The topological polar surface area (TPSA) is 74.8 Å². The maximum absolute atomic E-state index is 12.6. The maximum Gasteiger partial charge on any atom is 0.279 e. The van der Waals surface area contributed by atoms with Gasteiger partial charge in [-0.05, 0) is 43.3 Å². The molecule has 0 saturated carbocycles. The predicted molar refractivity (Wildman–Crippen MR) is 116 cm³/mol. The van der Waals surface area contributed by atoms with Gasteiger partial charge in [-0.3, -0.25) is 9.59 Å². The molecule has 29 heavy (non-hydrogen) atoms. The van der Waals surface area contributed by atoms with Gasteiger partial charge in [0, 0.05) is 16.3 Å². The second kappa shape index (κ2) is 9.87. The van der Waals surface area contributed by atoms with Crippen molar-refractivity contribution in [3.05, 3.63) is 95.0 Å². The number of para-hydroxylation sites is 2. The van der Waals surface area contributed by atoms with Gasteiger partial charge < -0.3 is 16.0 Å². The van der Waals surface area contributed by atoms with Gasteiger partial charge in [0.15, 0.2) is 6.54 Å². The molecule has 0 unspecified atom stereocenters. The molecule has 0 saturated heterocycles. The molecule has 0 fully saturated rings. The minimum Gasteiger partial charge on any atom is -0.333 e. The molecule has 0 radical (unpaired) electrons. The molecule has 6 heteroatoms. The first-order chi connectivity index (χ1) is 14.0. The summed E-state index contributed by atoms with van der Waals surface area (Å²) in [6.07, 6.45) is 0. The van der Waals surface area contributed by atoms with E-state index in [1.165, 1.54) is 0 Å². The van der Waals surface area contributed by atoms with Crippen molar-refractivity contribution >= 4 is 34.8 Å². The summed E-state index contributed by atoms with van der Waals surface area (Å²) in [6, 6.07) is 23.8. The quantitative estimate of drug-likeness (QED) is 0.555. The highest BCUT2D eigenvalue weighted by atomic mass is 35.5. The predicted octanol–water partition coefficient (Wildman–Crippen LogP) is 3.86. The summed E-state index contributed by atoms with van der Waals surface area (Å²) in [4.78, 5) is 25.1. The summed E-state index contributed by atoms with van der Waals surface area (Å²) in [5, 5.41) is 8.27. The molecule has 0 bridgehead atoms. The van der Waals surface area contributed by atoms with Crippen LogP contribution in [-0.2, 0) is 4.79 Å². The number of nitrogens with one attached hydrogen (secondary N) is 2. The van der Waals surface area contributed by atoms with Gasteiger partial charge in [-0.2, -0.15) is 0 Å². The minimum absolute atomic E-state index is 0.0797. The largest absolute Gasteiger partial charge is 0.333 e. The molecular formula is C23H23ClN3O2+. The highest BCUT2D eigenvalue weighted by Crippen LogP contribution is 2.18. The number of carbonyl (C=O) groups excluding carboxylic acids is 2. The number of amides is 2. The number of anilines is 2. The van der Waals surface area contributed by atoms with Crippen molar-refractivity contribution in [1.82, 2.24) is 0 Å². The normalized spacial score (nSPS) is 11.5. The van der Waals surface area contributed by atoms with Crippen LogP contribution >= 0.6 is 11.6 Å². The summed E-state index contributed by atoms with van der Waals surface area (Å²) in [5.74, 6) is -0.456. The SMILES string of the molecule is C[C@H]([NH2+]CC(=O)Nc1ccccc1C(=O)Nc1ccccc1)c1cccc(Cl)c1. The Morgan fingerprint density at radius 3 is 2.41 bits per heavy atom. The molecule has 0 aliphatic rings. The number of hydrogen-bond acceptors (Lipinski definition) is 2. The minimum atomic E-state index is -0.275. The standard InChI is InChI=1S/C23H22ClN3O2/c1-16(17-8-7-9-18(24)14-17)25-15-22(28)27-21-13-6-5-12-20(21)23(29)26-19-10-3-2-4-11-19/h2-14,16,25H,15H2,1H3,(H,26,29)(H,27,28)/p+1/t16-/m0/s1. The lowest BCUT2D eigenvalue weighted by Crippen LogP contribution is -2.86. The van der Waals surface area contributed by atoms with Gasteiger partial charge in [-0.25, -0.2) is 0 Å². The van der Waals surface area contributed by atoms with Gasteiger partial charge in [0.1, 0.15) is 6.04 Å². The van der Waals surface area contributed by atoms with Crippen LogP contribution in [0.2, 0.25) is 5.02 Å². The van der Waals surface area contributed by atoms with Gasteiger partial charge >= 0.3 is 0 Å². The summed E-state index contributed by atoms with van der Waals surface area (Å²) in [7, 11) is 0. The smallest absolute Gasteiger partial charge is 0.279 e. The van der Waals surface area contributed by atoms with E-state index in [9.17, 15) is 9.59 Å². The average Bonchev–Trinajstić information content (AvgIpc) is 2.73. The molecule has 0 aliphatic heterocycles. The van der Waals surface area contributed by atoms with Gasteiger partial charge in [-0.15, -0.1) is 0 Å². The van der Waals surface area contributed by atoms with E-state index in [0.717, 1.165) is 5.56 Å². The van der Waals surface area contributed by atoms with E-state index in [-0.39, 0.29) is 24.4 Å². The molecule has 0 spiro atoms. The van der Waals surface area contributed by atoms with Crippen LogP contribution in [0.1, 0.15) is 28.9 Å². The second-order valence-corrected chi connectivity index (χ2v) is 7.13. The molecule has 2 amide bonds. The zero-order chi connectivity index (χ0) is 20.6. The lowest BCUT2D eigenvalue weighted by molar-refractivity contribution is -0.682. The number of hydrogen-bond donors (Lipinski definition) is 3. The Morgan fingerprint density at radius 2 is 1.66 bits per heavy atom. The number of halogens is 1. The second-order valence-electron chi connectivity index (χ2n) is 6.70. The molecule has 3 rings (SSSR count). The van der Waals surface area contributed by atoms with E-state index >= 15 is 0 Å². The third-order valence-corrected chi connectivity index (χ3v) is 4.74. The lowest BCUT2D eigenvalue weighted by Gasteiger charge is -2.13. The van der Waals surface area contributed by atoms with E-state index in [1.807, 2.05) is 66.8 Å². The summed E-state index contributed by atoms with van der Waals surface area (Å²) in [5.41, 5.74) is 2.64. The third-order valence-electron chi connectivity index (χ3n) is 4.51. The number of nitrogens with two attached hydrogens (primary N) is 1. The molecule has 3 aromatic carbocycles. The van der Waals surface area contributed by atoms with Crippen LogP contribution in [-0.4, -0.2) is 18.4 Å². The molecular weight excluding hydrogens is 386 g/mol. The van der Waals surface area contributed by atoms with Gasteiger partial charge in [0.05, 0.1) is 11.3 Å². The molecule has 4 N–H and O–H groups in total. The Morgan fingerprint density at radius 1 is 0.931 bits per heavy atom. The number of quaternary nitrogens is 1. The summed E-state index contributed by atoms with van der Waals surface area (Å²) >= 11 is 6.03. The fourth-order valence-corrected chi connectivity index (χ4v) is 3.12. The zero-order valence-corrected chi connectivity index (χ0v) is 16.8. The van der Waals surface area contributed by atoms with Crippen LogP contribution in [0, 0.1) is 0 Å². The van der Waals surface area contributed by atoms with E-state index in [2.05, 4.69) is 10.6 Å². The molecule has 1 atom stereocenters. The maximum atomic E-state index is 12.6. The van der Waals surface area contributed by atoms with E-state index < -0.39 is 0 Å². The first-order valence-corrected chi connectivity index (χ1v) is 9.75. The zero-order valence-electron chi connectivity index (χ0n) is 16.1. The van der Waals surface area contributed by atoms with Gasteiger partial charge in [0.25, 0.3) is 11.8 Å². The summed E-state index contributed by atoms with van der Waals surface area (Å²) in [6.45, 7) is 2.24. The molecule has 5 nitrogen and oxygen atoms in total. The number of benzene rings is 3. The van der Waals surface area contributed by atoms with Crippen LogP contribution in [0.15, 0.2) is 78.9 Å². The van der Waals surface area contributed by atoms with E-state index in [0.29, 0.717) is 22.0 Å². The van der Waals surface area contributed by atoms with Crippen molar-refractivity contribution in [1.29, 1.82) is 0 Å². The van der Waals surface area contributed by atoms with Crippen LogP contribution in [0.5, 0.6) is 0 Å². The van der Waals surface area contributed by atoms with Crippen molar-refractivity contribution in [3.63, 3.8) is 0 Å². The van der Waals surface area contributed by atoms with Crippen LogP contribution in [0.4, 0.5) is 11.4 Å². The fourth-order valence-electron chi connectivity index (χ4n) is 2.92. The third kappa shape index (κ3) is 5.91. The average molecular weight is 409 g/mol. The Bertz CT molecular complexity index is 992. The Labute approximate surface area is 175 Å². The van der Waals surface area contributed by atoms with Crippen LogP contribution < -0.4 is 16.0 Å². The number of carbonyl (C=O) groups is 2. The first-order valence-electron chi connectivity index (χ1n) is 9.37. The summed E-state index contributed by atoms with van der Waals surface area (Å²) < 4.78 is 0. The monoisotopic (exact) mass is 408 g/mol. The van der Waals surface area contributed by atoms with Crippen LogP contribution in [0.3, 0.4) is 0 Å². The lowest BCUT2D eigenvalue weighted by atomic mass is 10.1. The van der Waals surface area contributed by atoms with E-state index in [1.54, 1.807) is 24.3 Å². The van der Waals surface area contributed by atoms with Crippen molar-refractivity contribution in [2.45, 2.75) is 13.0 Å². The number of rotatable bonds is 7.